The normalized spacial score (nSPS) is 27.5. The summed E-state index contributed by atoms with van der Waals surface area (Å²) in [6.07, 6.45) is 0.233. The smallest absolute Gasteiger partial charge is 0.304 e. The maximum absolute atomic E-state index is 10.6. The quantitative estimate of drug-likeness (QED) is 0.698. The van der Waals surface area contributed by atoms with E-state index in [1.165, 1.54) is 0 Å². The predicted octanol–water partition coefficient (Wildman–Crippen LogP) is 0.533. The number of likely N-dealkylation sites (N-methyl/N-ethyl adjacent to an activating group) is 1. The van der Waals surface area contributed by atoms with Gasteiger partial charge in [0.15, 0.2) is 0 Å². The zero-order valence-corrected chi connectivity index (χ0v) is 9.21. The van der Waals surface area contributed by atoms with Crippen LogP contribution in [-0.2, 0) is 4.79 Å². The summed E-state index contributed by atoms with van der Waals surface area (Å²) in [6, 6.07) is 0.144. The topological polar surface area (TPSA) is 52.6 Å². The Balaban J connectivity index is 2.57. The molecule has 0 saturated carbocycles. The first-order valence-electron chi connectivity index (χ1n) is 5.15. The molecule has 14 heavy (non-hydrogen) atoms. The van der Waals surface area contributed by atoms with Crippen molar-refractivity contribution >= 4 is 5.97 Å². The van der Waals surface area contributed by atoms with E-state index in [1.54, 1.807) is 0 Å². The Hall–Kier alpha value is -0.610. The molecule has 82 valence electrons. The van der Waals surface area contributed by atoms with Crippen LogP contribution < -0.4 is 5.32 Å². The second-order valence-corrected chi connectivity index (χ2v) is 4.58. The highest BCUT2D eigenvalue weighted by molar-refractivity contribution is 5.67. The van der Waals surface area contributed by atoms with Crippen LogP contribution in [-0.4, -0.2) is 47.2 Å². The predicted molar refractivity (Wildman–Crippen MR) is 55.4 cm³/mol. The van der Waals surface area contributed by atoms with Gasteiger partial charge >= 0.3 is 5.97 Å². The van der Waals surface area contributed by atoms with Crippen molar-refractivity contribution in [3.8, 4) is 0 Å². The van der Waals surface area contributed by atoms with Gasteiger partial charge in [-0.3, -0.25) is 9.69 Å². The maximum Gasteiger partial charge on any atom is 0.304 e. The fraction of sp³-hybridized carbons (Fsp3) is 0.900. The van der Waals surface area contributed by atoms with Gasteiger partial charge in [-0.2, -0.15) is 0 Å². The molecule has 0 aromatic carbocycles. The van der Waals surface area contributed by atoms with E-state index in [2.05, 4.69) is 31.0 Å². The highest BCUT2D eigenvalue weighted by atomic mass is 16.4. The molecule has 1 aliphatic heterocycles. The lowest BCUT2D eigenvalue weighted by Gasteiger charge is -2.43. The number of piperazine rings is 1. The maximum atomic E-state index is 10.6. The zero-order valence-electron chi connectivity index (χ0n) is 9.21. The number of hydrogen-bond donors (Lipinski definition) is 2. The Morgan fingerprint density at radius 1 is 1.64 bits per heavy atom. The fourth-order valence-electron chi connectivity index (χ4n) is 1.99. The van der Waals surface area contributed by atoms with Crippen LogP contribution in [0.15, 0.2) is 0 Å². The standard InChI is InChI=1S/C10H20N2O2/c1-4-12-7-10(2,3)11-6-8(12)5-9(13)14/h8,11H,4-7H2,1-3H3,(H,13,14). The molecule has 4 nitrogen and oxygen atoms in total. The fourth-order valence-corrected chi connectivity index (χ4v) is 1.99. The molecule has 2 N–H and O–H groups in total. The second kappa shape index (κ2) is 4.28. The number of carboxylic acid groups (broad SMARTS) is 1. The van der Waals surface area contributed by atoms with Crippen LogP contribution in [0.5, 0.6) is 0 Å². The molecule has 1 atom stereocenters. The molecule has 0 amide bonds. The van der Waals surface area contributed by atoms with Crippen LogP contribution >= 0.6 is 0 Å². The summed E-state index contributed by atoms with van der Waals surface area (Å²) < 4.78 is 0. The van der Waals surface area contributed by atoms with Crippen molar-refractivity contribution < 1.29 is 9.90 Å². The van der Waals surface area contributed by atoms with Crippen molar-refractivity contribution in [1.82, 2.24) is 10.2 Å². The van der Waals surface area contributed by atoms with Crippen molar-refractivity contribution in [3.63, 3.8) is 0 Å². The van der Waals surface area contributed by atoms with Crippen LogP contribution in [0, 0.1) is 0 Å². The Morgan fingerprint density at radius 3 is 2.79 bits per heavy atom. The highest BCUT2D eigenvalue weighted by Gasteiger charge is 2.32. The highest BCUT2D eigenvalue weighted by Crippen LogP contribution is 2.16. The van der Waals surface area contributed by atoms with Gasteiger partial charge in [0.2, 0.25) is 0 Å². The summed E-state index contributed by atoms with van der Waals surface area (Å²) in [5.41, 5.74) is 0.102. The lowest BCUT2D eigenvalue weighted by Crippen LogP contribution is -2.61. The lowest BCUT2D eigenvalue weighted by atomic mass is 9.97. The van der Waals surface area contributed by atoms with Crippen molar-refractivity contribution in [2.45, 2.75) is 38.8 Å². The molecule has 0 radical (unpaired) electrons. The van der Waals surface area contributed by atoms with Crippen LogP contribution in [0.2, 0.25) is 0 Å². The van der Waals surface area contributed by atoms with Crippen molar-refractivity contribution in [2.24, 2.45) is 0 Å². The third-order valence-electron chi connectivity index (χ3n) is 2.75. The van der Waals surface area contributed by atoms with Gasteiger partial charge in [-0.15, -0.1) is 0 Å². The molecular weight excluding hydrogens is 180 g/mol. The first kappa shape index (κ1) is 11.5. The second-order valence-electron chi connectivity index (χ2n) is 4.58. The molecule has 1 heterocycles. The van der Waals surface area contributed by atoms with E-state index in [0.717, 1.165) is 19.6 Å². The molecule has 1 unspecified atom stereocenters. The SMILES string of the molecule is CCN1CC(C)(C)NCC1CC(=O)O. The Morgan fingerprint density at radius 2 is 2.29 bits per heavy atom. The Bertz CT molecular complexity index is 216. The summed E-state index contributed by atoms with van der Waals surface area (Å²) in [4.78, 5) is 12.9. The zero-order chi connectivity index (χ0) is 10.8. The summed E-state index contributed by atoms with van der Waals surface area (Å²) >= 11 is 0. The minimum Gasteiger partial charge on any atom is -0.481 e. The first-order valence-corrected chi connectivity index (χ1v) is 5.15. The number of carbonyl (C=O) groups is 1. The number of aliphatic carboxylic acids is 1. The molecule has 0 aromatic rings. The molecule has 1 fully saturated rings. The molecule has 1 aliphatic rings. The van der Waals surface area contributed by atoms with Gasteiger partial charge in [0.25, 0.3) is 0 Å². The third-order valence-corrected chi connectivity index (χ3v) is 2.75. The van der Waals surface area contributed by atoms with E-state index in [9.17, 15) is 4.79 Å². The average molecular weight is 200 g/mol. The van der Waals surface area contributed by atoms with E-state index in [0.29, 0.717) is 0 Å². The van der Waals surface area contributed by atoms with E-state index in [1.807, 2.05) is 0 Å². The van der Waals surface area contributed by atoms with E-state index < -0.39 is 5.97 Å². The number of rotatable bonds is 3. The molecule has 1 rings (SSSR count). The van der Waals surface area contributed by atoms with Crippen LogP contribution in [0.1, 0.15) is 27.2 Å². The van der Waals surface area contributed by atoms with Gasteiger partial charge in [-0.05, 0) is 20.4 Å². The molecule has 0 spiro atoms. The van der Waals surface area contributed by atoms with Gasteiger partial charge < -0.3 is 10.4 Å². The number of nitrogens with zero attached hydrogens (tertiary/aromatic N) is 1. The van der Waals surface area contributed by atoms with Gasteiger partial charge in [0, 0.05) is 24.7 Å². The van der Waals surface area contributed by atoms with E-state index in [4.69, 9.17) is 5.11 Å². The average Bonchev–Trinajstić information content (AvgIpc) is 2.07. The molecule has 0 aliphatic carbocycles. The van der Waals surface area contributed by atoms with Crippen LogP contribution in [0.25, 0.3) is 0 Å². The molecule has 1 saturated heterocycles. The minimum absolute atomic E-state index is 0.102. The summed E-state index contributed by atoms with van der Waals surface area (Å²) in [6.45, 7) is 8.98. The number of carboxylic acids is 1. The van der Waals surface area contributed by atoms with Gasteiger partial charge in [-0.25, -0.2) is 0 Å². The number of hydrogen-bond acceptors (Lipinski definition) is 3. The Labute approximate surface area is 85.3 Å². The number of nitrogens with one attached hydrogen (secondary N) is 1. The van der Waals surface area contributed by atoms with Crippen molar-refractivity contribution in [2.75, 3.05) is 19.6 Å². The summed E-state index contributed by atoms with van der Waals surface area (Å²) in [5, 5.41) is 12.1. The van der Waals surface area contributed by atoms with Gasteiger partial charge in [0.1, 0.15) is 0 Å². The molecular formula is C10H20N2O2. The Kier molecular flexibility index (Phi) is 3.50. The van der Waals surface area contributed by atoms with Crippen molar-refractivity contribution in [3.05, 3.63) is 0 Å². The van der Waals surface area contributed by atoms with E-state index in [-0.39, 0.29) is 18.0 Å². The van der Waals surface area contributed by atoms with Gasteiger partial charge in [0.05, 0.1) is 6.42 Å². The van der Waals surface area contributed by atoms with Crippen molar-refractivity contribution in [1.29, 1.82) is 0 Å². The third kappa shape index (κ3) is 2.96. The lowest BCUT2D eigenvalue weighted by molar-refractivity contribution is -0.138. The molecule has 4 heteroatoms. The monoisotopic (exact) mass is 200 g/mol. The van der Waals surface area contributed by atoms with Crippen LogP contribution in [0.3, 0.4) is 0 Å². The molecule has 0 bridgehead atoms. The van der Waals surface area contributed by atoms with Gasteiger partial charge in [-0.1, -0.05) is 6.92 Å². The summed E-state index contributed by atoms with van der Waals surface area (Å²) in [5.74, 6) is -0.713. The minimum atomic E-state index is -0.713. The molecule has 0 aromatic heterocycles. The van der Waals surface area contributed by atoms with Crippen LogP contribution in [0.4, 0.5) is 0 Å². The largest absolute Gasteiger partial charge is 0.481 e. The first-order chi connectivity index (χ1) is 6.44. The summed E-state index contributed by atoms with van der Waals surface area (Å²) in [7, 11) is 0. The van der Waals surface area contributed by atoms with E-state index >= 15 is 0 Å².